The molecular weight excluding hydrogens is 202 g/mol. The summed E-state index contributed by atoms with van der Waals surface area (Å²) in [5.41, 5.74) is 0. The molecule has 0 saturated carbocycles. The molecule has 6 heteroatoms. The van der Waals surface area contributed by atoms with Crippen LogP contribution in [0.25, 0.3) is 0 Å². The van der Waals surface area contributed by atoms with E-state index in [-0.39, 0.29) is 12.6 Å². The first-order valence-electron chi connectivity index (χ1n) is 4.67. The molecule has 0 radical (unpaired) electrons. The number of aliphatic hydroxyl groups is 1. The van der Waals surface area contributed by atoms with E-state index in [9.17, 15) is 0 Å². The van der Waals surface area contributed by atoms with Crippen LogP contribution < -0.4 is 0 Å². The first kappa shape index (κ1) is 9.82. The van der Waals surface area contributed by atoms with Crippen LogP contribution in [-0.4, -0.2) is 33.1 Å². The van der Waals surface area contributed by atoms with Gasteiger partial charge < -0.3 is 9.84 Å². The minimum absolute atomic E-state index is 0.0936. The molecule has 0 aliphatic carbocycles. The van der Waals surface area contributed by atoms with Gasteiger partial charge in [0.15, 0.2) is 10.6 Å². The number of aromatic nitrogens is 3. The van der Waals surface area contributed by atoms with Crippen LogP contribution in [0, 0.1) is 4.77 Å². The van der Waals surface area contributed by atoms with Crippen LogP contribution in [0.1, 0.15) is 24.7 Å². The number of ether oxygens (including phenoxy) is 1. The highest BCUT2D eigenvalue weighted by molar-refractivity contribution is 7.71. The van der Waals surface area contributed by atoms with Gasteiger partial charge in [-0.25, -0.2) is 0 Å². The second-order valence-corrected chi connectivity index (χ2v) is 3.73. The first-order valence-corrected chi connectivity index (χ1v) is 5.08. The van der Waals surface area contributed by atoms with E-state index in [0.29, 0.717) is 17.2 Å². The fraction of sp³-hybridized carbons (Fsp3) is 0.750. The quantitative estimate of drug-likeness (QED) is 0.716. The smallest absolute Gasteiger partial charge is 0.195 e. The fourth-order valence-corrected chi connectivity index (χ4v) is 2.05. The fourth-order valence-electron chi connectivity index (χ4n) is 1.75. The van der Waals surface area contributed by atoms with E-state index in [1.54, 1.807) is 0 Å². The second kappa shape index (κ2) is 4.20. The van der Waals surface area contributed by atoms with Crippen molar-refractivity contribution in [1.29, 1.82) is 0 Å². The molecule has 2 rings (SSSR count). The highest BCUT2D eigenvalue weighted by Gasteiger charge is 2.19. The average molecular weight is 215 g/mol. The third-order valence-corrected chi connectivity index (χ3v) is 2.71. The zero-order valence-corrected chi connectivity index (χ0v) is 8.59. The van der Waals surface area contributed by atoms with Crippen LogP contribution in [0.5, 0.6) is 0 Å². The molecule has 1 aliphatic heterocycles. The second-order valence-electron chi connectivity index (χ2n) is 3.34. The van der Waals surface area contributed by atoms with Gasteiger partial charge in [0.05, 0.1) is 12.6 Å². The van der Waals surface area contributed by atoms with Gasteiger partial charge in [-0.3, -0.25) is 9.67 Å². The summed E-state index contributed by atoms with van der Waals surface area (Å²) in [6, 6.07) is 0.220. The highest BCUT2D eigenvalue weighted by atomic mass is 32.1. The number of hydrogen-bond acceptors (Lipinski definition) is 4. The molecule has 14 heavy (non-hydrogen) atoms. The number of aromatic amines is 1. The predicted molar refractivity (Wildman–Crippen MR) is 52.4 cm³/mol. The molecule has 0 amide bonds. The molecule has 2 N–H and O–H groups in total. The van der Waals surface area contributed by atoms with Crippen molar-refractivity contribution in [3.05, 3.63) is 10.6 Å². The lowest BCUT2D eigenvalue weighted by molar-refractivity contribution is 0.0562. The summed E-state index contributed by atoms with van der Waals surface area (Å²) in [5.74, 6) is 0.588. The van der Waals surface area contributed by atoms with Gasteiger partial charge in [-0.2, -0.15) is 5.10 Å². The summed E-state index contributed by atoms with van der Waals surface area (Å²) in [6.45, 7) is 1.38. The molecule has 1 saturated heterocycles. The van der Waals surface area contributed by atoms with Gasteiger partial charge in [0.2, 0.25) is 0 Å². The maximum atomic E-state index is 9.07. The normalized spacial score (nSPS) is 22.5. The lowest BCUT2D eigenvalue weighted by atomic mass is 10.1. The molecule has 1 aliphatic rings. The third kappa shape index (κ3) is 1.73. The summed E-state index contributed by atoms with van der Waals surface area (Å²) in [5, 5.41) is 15.7. The summed E-state index contributed by atoms with van der Waals surface area (Å²) in [6.07, 6.45) is 2.06. The van der Waals surface area contributed by atoms with E-state index in [2.05, 4.69) is 10.2 Å². The minimum atomic E-state index is -0.0936. The molecule has 5 nitrogen and oxygen atoms in total. The van der Waals surface area contributed by atoms with Crippen molar-refractivity contribution in [3.63, 3.8) is 0 Å². The molecule has 78 valence electrons. The van der Waals surface area contributed by atoms with Crippen LogP contribution in [0.2, 0.25) is 0 Å². The number of nitrogens with one attached hydrogen (secondary N) is 1. The van der Waals surface area contributed by atoms with Gasteiger partial charge in [-0.05, 0) is 25.1 Å². The predicted octanol–water partition coefficient (Wildman–Crippen LogP) is 0.784. The lowest BCUT2D eigenvalue weighted by Crippen LogP contribution is -2.23. The Morgan fingerprint density at radius 2 is 2.57 bits per heavy atom. The van der Waals surface area contributed by atoms with Crippen molar-refractivity contribution in [3.8, 4) is 0 Å². The van der Waals surface area contributed by atoms with Gasteiger partial charge in [-0.1, -0.05) is 0 Å². The zero-order chi connectivity index (χ0) is 9.97. The number of H-pyrrole nitrogens is 1. The Kier molecular flexibility index (Phi) is 2.95. The number of rotatable bonds is 2. The topological polar surface area (TPSA) is 63.1 Å². The van der Waals surface area contributed by atoms with Gasteiger partial charge in [0.1, 0.15) is 6.61 Å². The van der Waals surface area contributed by atoms with Crippen molar-refractivity contribution >= 4 is 12.2 Å². The Hall–Kier alpha value is -0.720. The number of hydrogen-bond donors (Lipinski definition) is 2. The molecule has 1 unspecified atom stereocenters. The largest absolute Gasteiger partial charge is 0.388 e. The molecule has 1 aromatic heterocycles. The van der Waals surface area contributed by atoms with E-state index >= 15 is 0 Å². The van der Waals surface area contributed by atoms with Crippen LogP contribution in [-0.2, 0) is 11.3 Å². The third-order valence-electron chi connectivity index (χ3n) is 2.42. The Morgan fingerprint density at radius 3 is 3.21 bits per heavy atom. The monoisotopic (exact) mass is 215 g/mol. The van der Waals surface area contributed by atoms with E-state index in [1.807, 2.05) is 4.57 Å². The molecule has 1 atom stereocenters. The number of aliphatic hydroxyl groups excluding tert-OH is 1. The van der Waals surface area contributed by atoms with Gasteiger partial charge in [-0.15, -0.1) is 0 Å². The van der Waals surface area contributed by atoms with Gasteiger partial charge in [0.25, 0.3) is 0 Å². The lowest BCUT2D eigenvalue weighted by Gasteiger charge is -2.23. The van der Waals surface area contributed by atoms with Crippen molar-refractivity contribution in [2.24, 2.45) is 0 Å². The summed E-state index contributed by atoms with van der Waals surface area (Å²) in [7, 11) is 0. The van der Waals surface area contributed by atoms with Crippen LogP contribution in [0.3, 0.4) is 0 Å². The molecule has 0 spiro atoms. The SMILES string of the molecule is OCc1n[nH]c(=S)n1C1CCCOC1. The summed E-state index contributed by atoms with van der Waals surface area (Å²) < 4.78 is 7.79. The standard InChI is InChI=1S/C8H13N3O2S/c12-4-7-9-10-8(14)11(7)6-2-1-3-13-5-6/h6,12H,1-5H2,(H,10,14). The highest BCUT2D eigenvalue weighted by Crippen LogP contribution is 2.20. The van der Waals surface area contributed by atoms with Crippen LogP contribution in [0.4, 0.5) is 0 Å². The molecule has 0 aromatic carbocycles. The van der Waals surface area contributed by atoms with E-state index in [1.165, 1.54) is 0 Å². The molecule has 2 heterocycles. The summed E-state index contributed by atoms with van der Waals surface area (Å²) in [4.78, 5) is 0. The van der Waals surface area contributed by atoms with E-state index in [4.69, 9.17) is 22.1 Å². The number of nitrogens with zero attached hydrogens (tertiary/aromatic N) is 2. The van der Waals surface area contributed by atoms with Crippen LogP contribution in [0.15, 0.2) is 0 Å². The molecule has 0 bridgehead atoms. The summed E-state index contributed by atoms with van der Waals surface area (Å²) >= 11 is 5.10. The zero-order valence-electron chi connectivity index (χ0n) is 7.77. The van der Waals surface area contributed by atoms with E-state index in [0.717, 1.165) is 19.4 Å². The van der Waals surface area contributed by atoms with Crippen molar-refractivity contribution in [1.82, 2.24) is 14.8 Å². The minimum Gasteiger partial charge on any atom is -0.388 e. The molecular formula is C8H13N3O2S. The average Bonchev–Trinajstić information content (AvgIpc) is 2.61. The van der Waals surface area contributed by atoms with Gasteiger partial charge >= 0.3 is 0 Å². The van der Waals surface area contributed by atoms with Crippen LogP contribution >= 0.6 is 12.2 Å². The van der Waals surface area contributed by atoms with E-state index < -0.39 is 0 Å². The Morgan fingerprint density at radius 1 is 1.71 bits per heavy atom. The van der Waals surface area contributed by atoms with Crippen molar-refractivity contribution in [2.75, 3.05) is 13.2 Å². The Bertz CT molecular complexity index is 354. The van der Waals surface area contributed by atoms with Crippen molar-refractivity contribution in [2.45, 2.75) is 25.5 Å². The van der Waals surface area contributed by atoms with Gasteiger partial charge in [0, 0.05) is 6.61 Å². The Labute approximate surface area is 86.7 Å². The van der Waals surface area contributed by atoms with Crippen molar-refractivity contribution < 1.29 is 9.84 Å². The molecule has 1 aromatic rings. The first-order chi connectivity index (χ1) is 6.83. The maximum absolute atomic E-state index is 9.07. The maximum Gasteiger partial charge on any atom is 0.195 e. The Balaban J connectivity index is 2.28. The molecule has 1 fully saturated rings.